The molecule has 0 radical (unpaired) electrons. The van der Waals surface area contributed by atoms with Crippen molar-refractivity contribution in [2.24, 2.45) is 5.73 Å². The smallest absolute Gasteiger partial charge is 0.0967 e. The van der Waals surface area contributed by atoms with Crippen LogP contribution in [0.15, 0.2) is 6.20 Å². The normalized spacial score (nSPS) is 26.3. The Morgan fingerprint density at radius 2 is 2.06 bits per heavy atom. The molecule has 96 valence electrons. The topological polar surface area (TPSA) is 60.0 Å². The van der Waals surface area contributed by atoms with Gasteiger partial charge in [0.1, 0.15) is 0 Å². The Kier molecular flexibility index (Phi) is 4.12. The summed E-state index contributed by atoms with van der Waals surface area (Å²) in [5.74, 6) is 0. The fourth-order valence-corrected chi connectivity index (χ4v) is 2.63. The quantitative estimate of drug-likeness (QED) is 0.848. The van der Waals surface area contributed by atoms with Crippen LogP contribution >= 0.6 is 0 Å². The Morgan fingerprint density at radius 1 is 1.35 bits per heavy atom. The van der Waals surface area contributed by atoms with Crippen LogP contribution in [0, 0.1) is 0 Å². The average Bonchev–Trinajstić information content (AvgIpc) is 2.72. The van der Waals surface area contributed by atoms with Crippen LogP contribution in [0.1, 0.15) is 38.8 Å². The molecule has 17 heavy (non-hydrogen) atoms. The number of rotatable bonds is 4. The van der Waals surface area contributed by atoms with Gasteiger partial charge in [0.2, 0.25) is 0 Å². The van der Waals surface area contributed by atoms with E-state index in [1.165, 1.54) is 19.3 Å². The third-order valence-corrected chi connectivity index (χ3v) is 3.66. The van der Waals surface area contributed by atoms with E-state index in [0.29, 0.717) is 18.6 Å². The number of piperidine rings is 1. The van der Waals surface area contributed by atoms with Crippen molar-refractivity contribution in [3.8, 4) is 0 Å². The molecule has 1 fully saturated rings. The Bertz CT molecular complexity index is 338. The van der Waals surface area contributed by atoms with E-state index < -0.39 is 0 Å². The Hall–Kier alpha value is -0.940. The molecule has 0 spiro atoms. The van der Waals surface area contributed by atoms with E-state index in [1.807, 2.05) is 10.9 Å². The van der Waals surface area contributed by atoms with Crippen LogP contribution < -0.4 is 5.73 Å². The fourth-order valence-electron chi connectivity index (χ4n) is 2.63. The third kappa shape index (κ3) is 3.04. The van der Waals surface area contributed by atoms with Gasteiger partial charge in [0.25, 0.3) is 0 Å². The molecule has 1 aliphatic heterocycles. The van der Waals surface area contributed by atoms with Crippen molar-refractivity contribution in [2.75, 3.05) is 6.54 Å². The maximum atomic E-state index is 5.50. The van der Waals surface area contributed by atoms with Gasteiger partial charge in [-0.25, -0.2) is 0 Å². The molecule has 1 aromatic heterocycles. The molecule has 2 rings (SSSR count). The molecule has 2 N–H and O–H groups in total. The van der Waals surface area contributed by atoms with Gasteiger partial charge in [-0.3, -0.25) is 9.58 Å². The van der Waals surface area contributed by atoms with Gasteiger partial charge in [-0.2, -0.15) is 0 Å². The summed E-state index contributed by atoms with van der Waals surface area (Å²) >= 11 is 0. The number of likely N-dealkylation sites (tertiary alicyclic amines) is 1. The zero-order chi connectivity index (χ0) is 12.3. The summed E-state index contributed by atoms with van der Waals surface area (Å²) in [5, 5.41) is 8.30. The van der Waals surface area contributed by atoms with Gasteiger partial charge < -0.3 is 5.73 Å². The largest absolute Gasteiger partial charge is 0.329 e. The first-order valence-electron chi connectivity index (χ1n) is 6.55. The number of nitrogens with zero attached hydrogens (tertiary/aromatic N) is 4. The van der Waals surface area contributed by atoms with Crippen LogP contribution in [0.4, 0.5) is 0 Å². The number of nitrogens with two attached hydrogens (primary N) is 1. The summed E-state index contributed by atoms with van der Waals surface area (Å²) in [7, 11) is 0. The zero-order valence-corrected chi connectivity index (χ0v) is 10.8. The molecule has 5 heteroatoms. The summed E-state index contributed by atoms with van der Waals surface area (Å²) in [4.78, 5) is 2.53. The Labute approximate surface area is 103 Å². The van der Waals surface area contributed by atoms with Gasteiger partial charge in [0.15, 0.2) is 0 Å². The van der Waals surface area contributed by atoms with Gasteiger partial charge in [0.05, 0.1) is 12.2 Å². The average molecular weight is 237 g/mol. The second-order valence-electron chi connectivity index (χ2n) is 5.06. The second kappa shape index (κ2) is 5.60. The molecule has 1 aromatic rings. The summed E-state index contributed by atoms with van der Waals surface area (Å²) < 4.78 is 1.83. The van der Waals surface area contributed by atoms with E-state index >= 15 is 0 Å². The molecule has 1 saturated heterocycles. The molecular weight excluding hydrogens is 214 g/mol. The van der Waals surface area contributed by atoms with Crippen LogP contribution in [0.3, 0.4) is 0 Å². The molecular formula is C12H23N5. The Balaban J connectivity index is 1.98. The lowest BCUT2D eigenvalue weighted by Crippen LogP contribution is -2.43. The first-order chi connectivity index (χ1) is 8.20. The van der Waals surface area contributed by atoms with Crippen molar-refractivity contribution in [1.29, 1.82) is 0 Å². The zero-order valence-electron chi connectivity index (χ0n) is 10.8. The standard InChI is InChI=1S/C12H23N5/c1-10-4-3-5-11(2)17(10)9-12-8-16(7-6-13)15-14-12/h8,10-11H,3-7,9,13H2,1-2H3/t10-,11+. The maximum absolute atomic E-state index is 5.50. The van der Waals surface area contributed by atoms with E-state index in [4.69, 9.17) is 5.73 Å². The highest BCUT2D eigenvalue weighted by atomic mass is 15.4. The van der Waals surface area contributed by atoms with Crippen LogP contribution in [-0.2, 0) is 13.1 Å². The van der Waals surface area contributed by atoms with E-state index in [2.05, 4.69) is 29.1 Å². The summed E-state index contributed by atoms with van der Waals surface area (Å²) in [6.45, 7) is 6.88. The van der Waals surface area contributed by atoms with Gasteiger partial charge in [-0.15, -0.1) is 5.10 Å². The molecule has 0 unspecified atom stereocenters. The minimum atomic E-state index is 0.610. The van der Waals surface area contributed by atoms with E-state index in [-0.39, 0.29) is 0 Å². The lowest BCUT2D eigenvalue weighted by atomic mass is 9.97. The van der Waals surface area contributed by atoms with Gasteiger partial charge >= 0.3 is 0 Å². The minimum Gasteiger partial charge on any atom is -0.329 e. The van der Waals surface area contributed by atoms with Crippen LogP contribution in [-0.4, -0.2) is 38.5 Å². The fraction of sp³-hybridized carbons (Fsp3) is 0.833. The summed E-state index contributed by atoms with van der Waals surface area (Å²) in [6, 6.07) is 1.30. The number of hydrogen-bond donors (Lipinski definition) is 1. The first-order valence-corrected chi connectivity index (χ1v) is 6.55. The molecule has 0 amide bonds. The summed E-state index contributed by atoms with van der Waals surface area (Å²) in [6.07, 6.45) is 5.95. The monoisotopic (exact) mass is 237 g/mol. The van der Waals surface area contributed by atoms with Gasteiger partial charge in [0, 0.05) is 31.4 Å². The third-order valence-electron chi connectivity index (χ3n) is 3.66. The highest BCUT2D eigenvalue weighted by molar-refractivity contribution is 4.95. The predicted octanol–water partition coefficient (Wildman–Crippen LogP) is 1.000. The van der Waals surface area contributed by atoms with E-state index in [9.17, 15) is 0 Å². The van der Waals surface area contributed by atoms with Crippen molar-refractivity contribution in [2.45, 2.75) is 58.3 Å². The van der Waals surface area contributed by atoms with Crippen molar-refractivity contribution >= 4 is 0 Å². The van der Waals surface area contributed by atoms with Gasteiger partial charge in [-0.05, 0) is 26.7 Å². The van der Waals surface area contributed by atoms with Crippen molar-refractivity contribution < 1.29 is 0 Å². The maximum Gasteiger partial charge on any atom is 0.0967 e. The van der Waals surface area contributed by atoms with Gasteiger partial charge in [-0.1, -0.05) is 11.6 Å². The Morgan fingerprint density at radius 3 is 2.71 bits per heavy atom. The minimum absolute atomic E-state index is 0.610. The van der Waals surface area contributed by atoms with Crippen LogP contribution in [0.25, 0.3) is 0 Å². The molecule has 0 saturated carbocycles. The van der Waals surface area contributed by atoms with Crippen LogP contribution in [0.5, 0.6) is 0 Å². The molecule has 5 nitrogen and oxygen atoms in total. The highest BCUT2D eigenvalue weighted by Gasteiger charge is 2.25. The molecule has 0 aromatic carbocycles. The van der Waals surface area contributed by atoms with Crippen molar-refractivity contribution in [1.82, 2.24) is 19.9 Å². The van der Waals surface area contributed by atoms with E-state index in [0.717, 1.165) is 18.8 Å². The number of aromatic nitrogens is 3. The molecule has 2 heterocycles. The molecule has 2 atom stereocenters. The first kappa shape index (κ1) is 12.5. The SMILES string of the molecule is C[C@@H]1CCC[C@H](C)N1Cc1cn(CCN)nn1. The van der Waals surface area contributed by atoms with Crippen molar-refractivity contribution in [3.63, 3.8) is 0 Å². The predicted molar refractivity (Wildman–Crippen MR) is 67.4 cm³/mol. The van der Waals surface area contributed by atoms with E-state index in [1.54, 1.807) is 0 Å². The van der Waals surface area contributed by atoms with Crippen LogP contribution in [0.2, 0.25) is 0 Å². The lowest BCUT2D eigenvalue weighted by Gasteiger charge is -2.38. The molecule has 0 aliphatic carbocycles. The van der Waals surface area contributed by atoms with Crippen molar-refractivity contribution in [3.05, 3.63) is 11.9 Å². The number of hydrogen-bond acceptors (Lipinski definition) is 4. The molecule has 1 aliphatic rings. The molecule has 0 bridgehead atoms. The second-order valence-corrected chi connectivity index (χ2v) is 5.06. The lowest BCUT2D eigenvalue weighted by molar-refractivity contribution is 0.0938. The highest BCUT2D eigenvalue weighted by Crippen LogP contribution is 2.23. The summed E-state index contributed by atoms with van der Waals surface area (Å²) in [5.41, 5.74) is 6.55.